The summed E-state index contributed by atoms with van der Waals surface area (Å²) in [5.41, 5.74) is 2.20. The number of benzene rings is 1. The van der Waals surface area contributed by atoms with E-state index in [0.29, 0.717) is 5.75 Å². The van der Waals surface area contributed by atoms with Crippen LogP contribution < -0.4 is 15.0 Å². The molecule has 2 heterocycles. The largest absolute Gasteiger partial charge is 0.412 e. The minimum absolute atomic E-state index is 0.0264. The fourth-order valence-corrected chi connectivity index (χ4v) is 3.25. The van der Waals surface area contributed by atoms with Gasteiger partial charge in [0.2, 0.25) is 0 Å². The molecule has 1 aromatic rings. The summed E-state index contributed by atoms with van der Waals surface area (Å²) in [5, 5.41) is 4.34. The molecule has 1 saturated heterocycles. The molecule has 114 valence electrons. The van der Waals surface area contributed by atoms with E-state index >= 15 is 0 Å². The summed E-state index contributed by atoms with van der Waals surface area (Å²) in [4.78, 5) is 19.5. The van der Waals surface area contributed by atoms with Crippen LogP contribution in [0.4, 0.5) is 10.5 Å². The lowest BCUT2D eigenvalue weighted by Gasteiger charge is -2.42. The van der Waals surface area contributed by atoms with Crippen molar-refractivity contribution < 1.29 is 14.4 Å². The standard InChI is InChI=1S/C15H21N3O3/c1-15-7-8-17(3)21-13(15)18(4)12-6-5-10(9-11(12)15)20-14(19)16-2/h5-6,9,13H,7-8H2,1-4H3,(H,16,19)/t13-,15-/m1/s1. The first-order valence-corrected chi connectivity index (χ1v) is 7.10. The highest BCUT2D eigenvalue weighted by Gasteiger charge is 2.50. The lowest BCUT2D eigenvalue weighted by atomic mass is 9.79. The highest BCUT2D eigenvalue weighted by molar-refractivity contribution is 5.71. The minimum Gasteiger partial charge on any atom is -0.410 e. The molecule has 0 saturated carbocycles. The SMILES string of the molecule is CNC(=O)Oc1ccc2c(c1)[C@@]1(C)CCN(C)O[C@H]1N2C. The molecular weight excluding hydrogens is 270 g/mol. The molecule has 1 fully saturated rings. The van der Waals surface area contributed by atoms with E-state index < -0.39 is 6.09 Å². The fourth-order valence-electron chi connectivity index (χ4n) is 3.25. The first-order valence-electron chi connectivity index (χ1n) is 7.10. The molecule has 0 unspecified atom stereocenters. The van der Waals surface area contributed by atoms with Gasteiger partial charge in [-0.15, -0.1) is 0 Å². The van der Waals surface area contributed by atoms with Gasteiger partial charge in [-0.3, -0.25) is 4.84 Å². The zero-order valence-corrected chi connectivity index (χ0v) is 12.8. The van der Waals surface area contributed by atoms with Crippen LogP contribution in [0.5, 0.6) is 5.75 Å². The van der Waals surface area contributed by atoms with Crippen LogP contribution in [-0.2, 0) is 10.3 Å². The molecule has 0 bridgehead atoms. The van der Waals surface area contributed by atoms with Gasteiger partial charge in [0.25, 0.3) is 0 Å². The molecule has 0 spiro atoms. The topological polar surface area (TPSA) is 54.0 Å². The highest BCUT2D eigenvalue weighted by atomic mass is 16.7. The molecule has 1 amide bonds. The van der Waals surface area contributed by atoms with Gasteiger partial charge in [-0.05, 0) is 30.2 Å². The molecule has 21 heavy (non-hydrogen) atoms. The number of rotatable bonds is 1. The average Bonchev–Trinajstić information content (AvgIpc) is 2.69. The van der Waals surface area contributed by atoms with Crippen molar-refractivity contribution in [2.24, 2.45) is 0 Å². The zero-order valence-electron chi connectivity index (χ0n) is 12.8. The monoisotopic (exact) mass is 291 g/mol. The number of amides is 1. The Bertz CT molecular complexity index is 577. The number of nitrogens with one attached hydrogen (secondary N) is 1. The summed E-state index contributed by atoms with van der Waals surface area (Å²) < 4.78 is 5.25. The van der Waals surface area contributed by atoms with Crippen molar-refractivity contribution in [1.82, 2.24) is 10.4 Å². The number of hydroxylamine groups is 2. The van der Waals surface area contributed by atoms with Crippen LogP contribution in [-0.4, -0.2) is 45.1 Å². The van der Waals surface area contributed by atoms with Gasteiger partial charge in [0, 0.05) is 38.8 Å². The van der Waals surface area contributed by atoms with Gasteiger partial charge in [-0.25, -0.2) is 4.79 Å². The Balaban J connectivity index is 1.97. The van der Waals surface area contributed by atoms with Crippen LogP contribution >= 0.6 is 0 Å². The molecule has 1 aromatic carbocycles. The predicted molar refractivity (Wildman–Crippen MR) is 79.4 cm³/mol. The van der Waals surface area contributed by atoms with Gasteiger partial charge < -0.3 is 15.0 Å². The van der Waals surface area contributed by atoms with Crippen molar-refractivity contribution in [2.75, 3.05) is 32.6 Å². The Kier molecular flexibility index (Phi) is 3.30. The second-order valence-electron chi connectivity index (χ2n) is 5.91. The summed E-state index contributed by atoms with van der Waals surface area (Å²) in [5.74, 6) is 0.558. The first kappa shape index (κ1) is 14.2. The molecule has 0 aromatic heterocycles. The van der Waals surface area contributed by atoms with E-state index in [9.17, 15) is 4.79 Å². The molecule has 2 atom stereocenters. The zero-order chi connectivity index (χ0) is 15.2. The summed E-state index contributed by atoms with van der Waals surface area (Å²) in [7, 11) is 5.54. The van der Waals surface area contributed by atoms with Crippen LogP contribution in [0.2, 0.25) is 0 Å². The molecule has 6 nitrogen and oxygen atoms in total. The number of hydrogen-bond acceptors (Lipinski definition) is 5. The predicted octanol–water partition coefficient (Wildman–Crippen LogP) is 1.71. The van der Waals surface area contributed by atoms with Gasteiger partial charge in [0.05, 0.1) is 0 Å². The van der Waals surface area contributed by atoms with Crippen molar-refractivity contribution in [2.45, 2.75) is 25.0 Å². The average molecular weight is 291 g/mol. The van der Waals surface area contributed by atoms with Crippen LogP contribution in [0.3, 0.4) is 0 Å². The third-order valence-corrected chi connectivity index (χ3v) is 4.50. The van der Waals surface area contributed by atoms with Gasteiger partial charge >= 0.3 is 6.09 Å². The molecular formula is C15H21N3O3. The quantitative estimate of drug-likeness (QED) is 0.853. The number of likely N-dealkylation sites (N-methyl/N-ethyl adjacent to an activating group) is 1. The molecule has 2 aliphatic rings. The number of hydrogen-bond donors (Lipinski definition) is 1. The molecule has 3 rings (SSSR count). The maximum atomic E-state index is 11.4. The summed E-state index contributed by atoms with van der Waals surface area (Å²) in [6.45, 7) is 3.08. The van der Waals surface area contributed by atoms with E-state index in [1.54, 1.807) is 7.05 Å². The number of anilines is 1. The maximum Gasteiger partial charge on any atom is 0.412 e. The van der Waals surface area contributed by atoms with Crippen LogP contribution in [0.1, 0.15) is 18.9 Å². The van der Waals surface area contributed by atoms with Crippen molar-refractivity contribution in [3.05, 3.63) is 23.8 Å². The fraction of sp³-hybridized carbons (Fsp3) is 0.533. The van der Waals surface area contributed by atoms with Gasteiger partial charge in [0.1, 0.15) is 5.75 Å². The second kappa shape index (κ2) is 4.89. The number of fused-ring (bicyclic) bond motifs is 3. The van der Waals surface area contributed by atoms with Crippen molar-refractivity contribution in [3.63, 3.8) is 0 Å². The second-order valence-corrected chi connectivity index (χ2v) is 5.91. The van der Waals surface area contributed by atoms with Crippen LogP contribution in [0.15, 0.2) is 18.2 Å². The third kappa shape index (κ3) is 2.15. The summed E-state index contributed by atoms with van der Waals surface area (Å²) >= 11 is 0. The Hall–Kier alpha value is -1.79. The van der Waals surface area contributed by atoms with E-state index in [-0.39, 0.29) is 11.6 Å². The molecule has 6 heteroatoms. The highest BCUT2D eigenvalue weighted by Crippen LogP contribution is 2.50. The van der Waals surface area contributed by atoms with E-state index in [4.69, 9.17) is 9.57 Å². The first-order chi connectivity index (χ1) is 9.95. The lowest BCUT2D eigenvalue weighted by molar-refractivity contribution is -0.226. The van der Waals surface area contributed by atoms with E-state index in [0.717, 1.165) is 18.7 Å². The molecule has 2 aliphatic heterocycles. The third-order valence-electron chi connectivity index (χ3n) is 4.50. The number of carbonyl (C=O) groups excluding carboxylic acids is 1. The van der Waals surface area contributed by atoms with Gasteiger partial charge in [-0.1, -0.05) is 6.92 Å². The van der Waals surface area contributed by atoms with Gasteiger partial charge in [-0.2, -0.15) is 5.06 Å². The summed E-state index contributed by atoms with van der Waals surface area (Å²) in [6, 6.07) is 5.76. The van der Waals surface area contributed by atoms with E-state index in [2.05, 4.69) is 17.1 Å². The van der Waals surface area contributed by atoms with Crippen molar-refractivity contribution >= 4 is 11.8 Å². The Morgan fingerprint density at radius 2 is 2.24 bits per heavy atom. The lowest BCUT2D eigenvalue weighted by Crippen LogP contribution is -2.52. The Morgan fingerprint density at radius 1 is 1.48 bits per heavy atom. The van der Waals surface area contributed by atoms with Crippen LogP contribution in [0, 0.1) is 0 Å². The number of nitrogens with zero attached hydrogens (tertiary/aromatic N) is 2. The van der Waals surface area contributed by atoms with E-state index in [1.165, 1.54) is 5.56 Å². The van der Waals surface area contributed by atoms with Gasteiger partial charge in [0.15, 0.2) is 6.23 Å². The maximum absolute atomic E-state index is 11.4. The van der Waals surface area contributed by atoms with Crippen molar-refractivity contribution in [3.8, 4) is 5.75 Å². The molecule has 0 radical (unpaired) electrons. The van der Waals surface area contributed by atoms with Crippen LogP contribution in [0.25, 0.3) is 0 Å². The number of ether oxygens (including phenoxy) is 1. The normalized spacial score (nSPS) is 28.0. The molecule has 1 N–H and O–H groups in total. The Labute approximate surface area is 124 Å². The molecule has 0 aliphatic carbocycles. The minimum atomic E-state index is -0.456. The summed E-state index contributed by atoms with van der Waals surface area (Å²) in [6.07, 6.45) is 0.513. The number of carbonyl (C=O) groups is 1. The van der Waals surface area contributed by atoms with Crippen molar-refractivity contribution in [1.29, 1.82) is 0 Å². The smallest absolute Gasteiger partial charge is 0.410 e. The van der Waals surface area contributed by atoms with E-state index in [1.807, 2.05) is 37.4 Å². The Morgan fingerprint density at radius 3 is 2.95 bits per heavy atom.